The van der Waals surface area contributed by atoms with Crippen LogP contribution in [-0.2, 0) is 18.8 Å². The number of anilines is 1. The van der Waals surface area contributed by atoms with Crippen LogP contribution in [0.1, 0.15) is 48.0 Å². The van der Waals surface area contributed by atoms with Crippen LogP contribution in [0.4, 0.5) is 5.69 Å². The van der Waals surface area contributed by atoms with Gasteiger partial charge in [-0.05, 0) is 65.4 Å². The van der Waals surface area contributed by atoms with Gasteiger partial charge in [-0.25, -0.2) is 4.99 Å². The van der Waals surface area contributed by atoms with Gasteiger partial charge in [-0.1, -0.05) is 19.1 Å². The van der Waals surface area contributed by atoms with Crippen molar-refractivity contribution in [2.45, 2.75) is 65.2 Å². The predicted molar refractivity (Wildman–Crippen MR) is 149 cm³/mol. The summed E-state index contributed by atoms with van der Waals surface area (Å²) in [4.78, 5) is 26.4. The first kappa shape index (κ1) is 27.5. The zero-order valence-corrected chi connectivity index (χ0v) is 23.0. The highest BCUT2D eigenvalue weighted by Crippen LogP contribution is 2.36. The van der Waals surface area contributed by atoms with E-state index >= 15 is 0 Å². The van der Waals surface area contributed by atoms with Gasteiger partial charge in [0.2, 0.25) is 0 Å². The molecular weight excluding hydrogens is 469 g/mol. The van der Waals surface area contributed by atoms with Gasteiger partial charge < -0.3 is 24.3 Å². The molecule has 3 aliphatic heterocycles. The highest BCUT2D eigenvalue weighted by Gasteiger charge is 2.51. The Bertz CT molecular complexity index is 1050. The number of likely N-dealkylation sites (tertiary alicyclic amines) is 1. The van der Waals surface area contributed by atoms with Crippen LogP contribution in [0.15, 0.2) is 45.6 Å². The molecule has 0 bridgehead atoms. The second-order valence-corrected chi connectivity index (χ2v) is 10.9. The van der Waals surface area contributed by atoms with Crippen molar-refractivity contribution in [3.8, 4) is 0 Å². The largest absolute Gasteiger partial charge is 0.494 e. The topological polar surface area (TPSA) is 88.0 Å². The molecule has 4 rings (SSSR count). The molecule has 0 aliphatic carbocycles. The number of hydrogen-bond acceptors (Lipinski definition) is 8. The first-order valence-electron chi connectivity index (χ1n) is 13.1. The number of carbonyl (C=O) groups excluding carboxylic acids is 1. The summed E-state index contributed by atoms with van der Waals surface area (Å²) in [7, 11) is -0.426. The molecule has 1 atom stereocenters. The zero-order chi connectivity index (χ0) is 26.8. The van der Waals surface area contributed by atoms with E-state index in [1.165, 1.54) is 0 Å². The number of aliphatic imine (C=N–C) groups is 2. The van der Waals surface area contributed by atoms with E-state index in [9.17, 15) is 4.79 Å². The third kappa shape index (κ3) is 5.82. The lowest BCUT2D eigenvalue weighted by molar-refractivity contribution is -0.124. The number of benzene rings is 1. The van der Waals surface area contributed by atoms with Gasteiger partial charge >= 0.3 is 7.12 Å². The summed E-state index contributed by atoms with van der Waals surface area (Å²) >= 11 is 0. The average molecular weight is 509 g/mol. The summed E-state index contributed by atoms with van der Waals surface area (Å²) in [6.07, 6.45) is 0.862. The molecule has 0 aromatic heterocycles. The second kappa shape index (κ2) is 11.1. The number of rotatable bonds is 8. The van der Waals surface area contributed by atoms with Crippen molar-refractivity contribution in [1.29, 1.82) is 0 Å². The van der Waals surface area contributed by atoms with Crippen LogP contribution in [0.5, 0.6) is 0 Å². The summed E-state index contributed by atoms with van der Waals surface area (Å²) in [5.41, 5.74) is 2.20. The maximum Gasteiger partial charge on any atom is 0.494 e. The summed E-state index contributed by atoms with van der Waals surface area (Å²) in [5.74, 6) is 0.486. The first-order chi connectivity index (χ1) is 17.6. The molecular formula is C27H40BN5O4. The minimum Gasteiger partial charge on any atom is -0.399 e. The van der Waals surface area contributed by atoms with Gasteiger partial charge in [-0.15, -0.1) is 0 Å². The minimum atomic E-state index is -0.426. The van der Waals surface area contributed by atoms with Gasteiger partial charge in [0.05, 0.1) is 37.6 Å². The molecule has 1 aromatic rings. The van der Waals surface area contributed by atoms with Gasteiger partial charge in [0.1, 0.15) is 11.5 Å². The van der Waals surface area contributed by atoms with Crippen LogP contribution in [-0.4, -0.2) is 92.0 Å². The average Bonchev–Trinajstić information content (AvgIpc) is 3.32. The van der Waals surface area contributed by atoms with Crippen molar-refractivity contribution in [3.63, 3.8) is 0 Å². The molecule has 10 heteroatoms. The SMILES string of the molecule is C=N/C(Nc1ccc(B2OC(C)(C)C(C)(C)O2)cc1)=C1/CN(C(C)CC)C(=O)C1=NCN1CCOCC1. The smallest absolute Gasteiger partial charge is 0.399 e. The number of amides is 1. The van der Waals surface area contributed by atoms with E-state index in [1.807, 2.05) is 56.9 Å². The van der Waals surface area contributed by atoms with E-state index in [1.54, 1.807) is 0 Å². The summed E-state index contributed by atoms with van der Waals surface area (Å²) in [6.45, 7) is 20.0. The van der Waals surface area contributed by atoms with Gasteiger partial charge in [-0.2, -0.15) is 0 Å². The maximum absolute atomic E-state index is 13.4. The number of ether oxygens (including phenoxy) is 1. The van der Waals surface area contributed by atoms with Crippen molar-refractivity contribution in [2.75, 3.05) is 44.8 Å². The molecule has 0 radical (unpaired) electrons. The fraction of sp³-hybridized carbons (Fsp3) is 0.593. The van der Waals surface area contributed by atoms with Crippen molar-refractivity contribution in [2.24, 2.45) is 9.98 Å². The van der Waals surface area contributed by atoms with Crippen LogP contribution in [0.3, 0.4) is 0 Å². The minimum absolute atomic E-state index is 0.0586. The van der Waals surface area contributed by atoms with Crippen molar-refractivity contribution >= 4 is 36.6 Å². The maximum atomic E-state index is 13.4. The van der Waals surface area contributed by atoms with Crippen LogP contribution in [0, 0.1) is 0 Å². The van der Waals surface area contributed by atoms with E-state index in [2.05, 4.69) is 35.8 Å². The Morgan fingerprint density at radius 1 is 1.14 bits per heavy atom. The van der Waals surface area contributed by atoms with E-state index in [4.69, 9.17) is 19.0 Å². The fourth-order valence-electron chi connectivity index (χ4n) is 4.47. The molecule has 1 amide bonds. The van der Waals surface area contributed by atoms with Gasteiger partial charge in [0.15, 0.2) is 0 Å². The molecule has 1 N–H and O–H groups in total. The lowest BCUT2D eigenvalue weighted by Gasteiger charge is -2.32. The van der Waals surface area contributed by atoms with Crippen molar-refractivity contribution < 1.29 is 18.8 Å². The Morgan fingerprint density at radius 3 is 2.32 bits per heavy atom. The van der Waals surface area contributed by atoms with Crippen LogP contribution >= 0.6 is 0 Å². The molecule has 3 heterocycles. The van der Waals surface area contributed by atoms with Gasteiger partial charge in [0, 0.05) is 30.4 Å². The number of carbonyl (C=O) groups is 1. The summed E-state index contributed by atoms with van der Waals surface area (Å²) in [5, 5.41) is 3.36. The van der Waals surface area contributed by atoms with E-state index in [-0.39, 0.29) is 11.9 Å². The molecule has 3 fully saturated rings. The number of morpholine rings is 1. The second-order valence-electron chi connectivity index (χ2n) is 10.9. The van der Waals surface area contributed by atoms with E-state index < -0.39 is 18.3 Å². The van der Waals surface area contributed by atoms with E-state index in [0.717, 1.165) is 36.2 Å². The third-order valence-electron chi connectivity index (χ3n) is 7.88. The lowest BCUT2D eigenvalue weighted by Crippen LogP contribution is -2.41. The number of nitrogens with zero attached hydrogens (tertiary/aromatic N) is 4. The number of nitrogens with one attached hydrogen (secondary N) is 1. The van der Waals surface area contributed by atoms with Crippen LogP contribution in [0.25, 0.3) is 0 Å². The first-order valence-corrected chi connectivity index (χ1v) is 13.1. The Hall–Kier alpha value is -2.53. The predicted octanol–water partition coefficient (Wildman–Crippen LogP) is 2.68. The molecule has 1 unspecified atom stereocenters. The standard InChI is InChI=1S/C27H40BN5O4/c1-8-19(2)33-17-22(23(25(33)34)30-18-32-13-15-35-16-14-32)24(29-7)31-21-11-9-20(10-12-21)28-36-26(3,4)27(5,6)37-28/h9-12,19,31H,7-8,13-18H2,1-6H3/b24-22+,30-23?. The quantitative estimate of drug-likeness (QED) is 0.429. The Labute approximate surface area is 221 Å². The normalized spacial score (nSPS) is 25.0. The zero-order valence-electron chi connectivity index (χ0n) is 23.0. The fourth-order valence-corrected chi connectivity index (χ4v) is 4.47. The highest BCUT2D eigenvalue weighted by atomic mass is 16.7. The lowest BCUT2D eigenvalue weighted by atomic mass is 9.79. The Morgan fingerprint density at radius 2 is 1.76 bits per heavy atom. The molecule has 0 saturated carbocycles. The van der Waals surface area contributed by atoms with Gasteiger partial charge in [-0.3, -0.25) is 14.7 Å². The van der Waals surface area contributed by atoms with Crippen molar-refractivity contribution in [3.05, 3.63) is 35.7 Å². The molecule has 3 aliphatic rings. The van der Waals surface area contributed by atoms with Crippen molar-refractivity contribution in [1.82, 2.24) is 9.80 Å². The highest BCUT2D eigenvalue weighted by molar-refractivity contribution is 6.62. The molecule has 9 nitrogen and oxygen atoms in total. The third-order valence-corrected chi connectivity index (χ3v) is 7.88. The molecule has 200 valence electrons. The van der Waals surface area contributed by atoms with Crippen LogP contribution in [0.2, 0.25) is 0 Å². The van der Waals surface area contributed by atoms with Gasteiger partial charge in [0.25, 0.3) is 5.91 Å². The Balaban J connectivity index is 1.56. The summed E-state index contributed by atoms with van der Waals surface area (Å²) < 4.78 is 17.8. The Kier molecular flexibility index (Phi) is 8.23. The molecule has 0 spiro atoms. The van der Waals surface area contributed by atoms with Crippen LogP contribution < -0.4 is 10.8 Å². The number of hydrogen-bond donors (Lipinski definition) is 1. The molecule has 3 saturated heterocycles. The molecule has 37 heavy (non-hydrogen) atoms. The molecule has 1 aromatic carbocycles. The summed E-state index contributed by atoms with van der Waals surface area (Å²) in [6, 6.07) is 7.98. The monoisotopic (exact) mass is 509 g/mol. The van der Waals surface area contributed by atoms with E-state index in [0.29, 0.717) is 38.0 Å².